The molecule has 0 aromatic heterocycles. The summed E-state index contributed by atoms with van der Waals surface area (Å²) in [4.78, 5) is 11.3. The van der Waals surface area contributed by atoms with Crippen LogP contribution in [0, 0.1) is 11.2 Å². The number of methoxy groups -OCH3 is 1. The minimum atomic E-state index is -0.954. The van der Waals surface area contributed by atoms with E-state index < -0.39 is 5.97 Å². The molecule has 3 nitrogen and oxygen atoms in total. The maximum absolute atomic E-state index is 15.0. The van der Waals surface area contributed by atoms with Gasteiger partial charge >= 0.3 is 29.6 Å². The van der Waals surface area contributed by atoms with Gasteiger partial charge in [0.15, 0.2) is 0 Å². The Labute approximate surface area is 241 Å². The van der Waals surface area contributed by atoms with Crippen molar-refractivity contribution < 1.29 is 48.6 Å². The van der Waals surface area contributed by atoms with Crippen LogP contribution >= 0.6 is 0 Å². The number of carboxylic acids is 1. The van der Waals surface area contributed by atoms with Crippen molar-refractivity contribution in [3.05, 3.63) is 88.2 Å². The number of hydrogen-bond acceptors (Lipinski definition) is 3. The summed E-state index contributed by atoms with van der Waals surface area (Å²) in [7, 11) is 1.60. The normalized spacial score (nSPS) is 17.3. The Hall–Kier alpha value is -2.14. The molecular weight excluding hydrogens is 474 g/mol. The van der Waals surface area contributed by atoms with Crippen LogP contribution in [-0.2, 0) is 29.5 Å². The van der Waals surface area contributed by atoms with E-state index >= 15 is 0 Å². The summed E-state index contributed by atoms with van der Waals surface area (Å²) in [5.41, 5.74) is 7.51. The Kier molecular flexibility index (Phi) is 7.95. The number of aryl methyl sites for hydroxylation is 2. The van der Waals surface area contributed by atoms with Gasteiger partial charge in [0, 0.05) is 11.5 Å². The van der Waals surface area contributed by atoms with Crippen molar-refractivity contribution >= 4 is 5.97 Å². The topological polar surface area (TPSA) is 49.4 Å². The first kappa shape index (κ1) is 27.9. The second kappa shape index (κ2) is 10.6. The predicted octanol–water partition coefficient (Wildman–Crippen LogP) is 3.15. The molecule has 1 saturated carbocycles. The molecule has 0 heterocycles. The van der Waals surface area contributed by atoms with E-state index in [4.69, 9.17) is 4.74 Å². The average molecular weight is 509 g/mol. The van der Waals surface area contributed by atoms with Crippen LogP contribution in [0.15, 0.2) is 54.6 Å². The third-order valence-electron chi connectivity index (χ3n) is 8.19. The molecule has 1 spiro atoms. The first-order chi connectivity index (χ1) is 17.1. The summed E-state index contributed by atoms with van der Waals surface area (Å²) in [6.07, 6.45) is 5.04. The van der Waals surface area contributed by atoms with E-state index in [0.29, 0.717) is 11.3 Å². The quantitative estimate of drug-likeness (QED) is 0.461. The monoisotopic (exact) mass is 508 g/mol. The van der Waals surface area contributed by atoms with Crippen molar-refractivity contribution in [3.63, 3.8) is 0 Å². The molecule has 2 aliphatic carbocycles. The standard InChI is InChI=1S/C32H35FO3.Na/c1-31(2,3)27-11-8-21(16-25(27)26-17-23(36-4)9-12-29(26)33)6-5-20-7-10-24-22(15-20)19-32(13-14-32)28(24)18-30(34)35;/h7-12,15-17,28H,5-6,13-14,18-19H2,1-4H3,(H,34,35);/q;+1/p-1. The molecule has 0 saturated heterocycles. The molecule has 3 aromatic carbocycles. The molecule has 0 aliphatic heterocycles. The van der Waals surface area contributed by atoms with E-state index in [0.717, 1.165) is 48.8 Å². The van der Waals surface area contributed by atoms with E-state index in [-0.39, 0.29) is 58.5 Å². The molecule has 188 valence electrons. The second-order valence-corrected chi connectivity index (χ2v) is 11.7. The van der Waals surface area contributed by atoms with E-state index in [1.807, 2.05) is 0 Å². The zero-order chi connectivity index (χ0) is 25.7. The van der Waals surface area contributed by atoms with Crippen LogP contribution in [0.2, 0.25) is 0 Å². The Balaban J connectivity index is 0.00000320. The van der Waals surface area contributed by atoms with Crippen molar-refractivity contribution in [2.45, 2.75) is 70.6 Å². The van der Waals surface area contributed by atoms with Crippen molar-refractivity contribution in [1.82, 2.24) is 0 Å². The van der Waals surface area contributed by atoms with Crippen LogP contribution in [0.5, 0.6) is 5.75 Å². The van der Waals surface area contributed by atoms with Crippen LogP contribution in [0.1, 0.15) is 73.8 Å². The minimum absolute atomic E-state index is 0. The molecule has 37 heavy (non-hydrogen) atoms. The fourth-order valence-electron chi connectivity index (χ4n) is 6.07. The van der Waals surface area contributed by atoms with Gasteiger partial charge in [-0.05, 0) is 107 Å². The van der Waals surface area contributed by atoms with Gasteiger partial charge in [-0.3, -0.25) is 0 Å². The van der Waals surface area contributed by atoms with Gasteiger partial charge in [0.2, 0.25) is 0 Å². The molecule has 5 heteroatoms. The Bertz CT molecular complexity index is 1320. The Morgan fingerprint density at radius 3 is 2.30 bits per heavy atom. The van der Waals surface area contributed by atoms with Gasteiger partial charge in [-0.25, -0.2) is 4.39 Å². The summed E-state index contributed by atoms with van der Waals surface area (Å²) in [6, 6.07) is 17.9. The number of halogens is 1. The number of ether oxygens (including phenoxy) is 1. The van der Waals surface area contributed by atoms with Crippen LogP contribution in [0.25, 0.3) is 11.1 Å². The predicted molar refractivity (Wildman–Crippen MR) is 139 cm³/mol. The zero-order valence-corrected chi connectivity index (χ0v) is 24.6. The van der Waals surface area contributed by atoms with E-state index in [1.54, 1.807) is 19.2 Å². The Morgan fingerprint density at radius 1 is 1.00 bits per heavy atom. The van der Waals surface area contributed by atoms with Crippen molar-refractivity contribution in [2.75, 3.05) is 7.11 Å². The van der Waals surface area contributed by atoms with E-state index in [9.17, 15) is 14.3 Å². The SMILES string of the molecule is COc1ccc(F)c(-c2cc(CCc3ccc4c(c3)CC3(CC3)C4CC(=O)[O-])ccc2C(C)(C)C)c1.[Na+]. The van der Waals surface area contributed by atoms with Gasteiger partial charge in [-0.15, -0.1) is 0 Å². The molecule has 3 aromatic rings. The van der Waals surface area contributed by atoms with Crippen molar-refractivity contribution in [3.8, 4) is 16.9 Å². The first-order valence-electron chi connectivity index (χ1n) is 12.9. The zero-order valence-electron chi connectivity index (χ0n) is 22.6. The number of carboxylic acid groups (broad SMARTS) is 1. The summed E-state index contributed by atoms with van der Waals surface area (Å²) in [5.74, 6) is -0.473. The largest absolute Gasteiger partial charge is 1.00 e. The molecule has 0 amide bonds. The maximum Gasteiger partial charge on any atom is 1.00 e. The van der Waals surface area contributed by atoms with Crippen molar-refractivity contribution in [2.24, 2.45) is 5.41 Å². The number of fused-ring (bicyclic) bond motifs is 1. The minimum Gasteiger partial charge on any atom is -0.550 e. The summed E-state index contributed by atoms with van der Waals surface area (Å²) < 4.78 is 20.3. The molecule has 1 atom stereocenters. The third kappa shape index (κ3) is 5.67. The van der Waals surface area contributed by atoms with Crippen LogP contribution in [0.3, 0.4) is 0 Å². The van der Waals surface area contributed by atoms with Gasteiger partial charge in [0.25, 0.3) is 0 Å². The molecule has 1 unspecified atom stereocenters. The third-order valence-corrected chi connectivity index (χ3v) is 8.19. The van der Waals surface area contributed by atoms with Gasteiger partial charge in [0.05, 0.1) is 7.11 Å². The number of hydrogen-bond donors (Lipinski definition) is 0. The molecular formula is C32H34FNaO3. The number of benzene rings is 3. The average Bonchev–Trinajstić information content (AvgIpc) is 3.54. The van der Waals surface area contributed by atoms with E-state index in [2.05, 4.69) is 57.2 Å². The molecule has 1 fully saturated rings. The molecule has 0 N–H and O–H groups in total. The summed E-state index contributed by atoms with van der Waals surface area (Å²) >= 11 is 0. The molecule has 0 radical (unpaired) electrons. The molecule has 0 bridgehead atoms. The van der Waals surface area contributed by atoms with Crippen LogP contribution < -0.4 is 39.4 Å². The first-order valence-corrected chi connectivity index (χ1v) is 12.9. The summed E-state index contributed by atoms with van der Waals surface area (Å²) in [5, 5.41) is 11.3. The number of carbonyl (C=O) groups excluding carboxylic acids is 1. The maximum atomic E-state index is 15.0. The van der Waals surface area contributed by atoms with E-state index in [1.165, 1.54) is 22.8 Å². The Morgan fingerprint density at radius 2 is 1.68 bits per heavy atom. The van der Waals surface area contributed by atoms with Gasteiger partial charge < -0.3 is 14.6 Å². The second-order valence-electron chi connectivity index (χ2n) is 11.7. The van der Waals surface area contributed by atoms with Crippen LogP contribution in [0.4, 0.5) is 4.39 Å². The van der Waals surface area contributed by atoms with Crippen LogP contribution in [-0.4, -0.2) is 13.1 Å². The molecule has 5 rings (SSSR count). The van der Waals surface area contributed by atoms with Gasteiger partial charge in [-0.1, -0.05) is 57.2 Å². The number of rotatable bonds is 7. The fourth-order valence-corrected chi connectivity index (χ4v) is 6.07. The fraction of sp³-hybridized carbons (Fsp3) is 0.406. The summed E-state index contributed by atoms with van der Waals surface area (Å²) in [6.45, 7) is 6.44. The number of carbonyl (C=O) groups is 1. The van der Waals surface area contributed by atoms with Gasteiger partial charge in [-0.2, -0.15) is 0 Å². The molecule has 2 aliphatic rings. The number of aliphatic carboxylic acids is 1. The van der Waals surface area contributed by atoms with Gasteiger partial charge in [0.1, 0.15) is 11.6 Å². The smallest absolute Gasteiger partial charge is 0.550 e. The van der Waals surface area contributed by atoms with Crippen molar-refractivity contribution in [1.29, 1.82) is 0 Å².